The molecule has 1 aliphatic carbocycles. The van der Waals surface area contributed by atoms with Crippen molar-refractivity contribution in [2.75, 3.05) is 7.11 Å². The summed E-state index contributed by atoms with van der Waals surface area (Å²) in [6.45, 7) is 6.27. The standard InChI is InChI=1S/C15H24O2/c1-5-6-7-8-14(11-16)15(17-4)12(2)9-10-13(15)3/h9-11,14H,5-8H2,1-4H3. The predicted molar refractivity (Wildman–Crippen MR) is 71.0 cm³/mol. The van der Waals surface area contributed by atoms with Gasteiger partial charge in [0.2, 0.25) is 0 Å². The monoisotopic (exact) mass is 236 g/mol. The van der Waals surface area contributed by atoms with Gasteiger partial charge in [0.25, 0.3) is 0 Å². The first-order valence-electron chi connectivity index (χ1n) is 6.50. The number of carbonyl (C=O) groups is 1. The van der Waals surface area contributed by atoms with Gasteiger partial charge in [-0.25, -0.2) is 0 Å². The Hall–Kier alpha value is -0.890. The Morgan fingerprint density at radius 1 is 1.29 bits per heavy atom. The summed E-state index contributed by atoms with van der Waals surface area (Å²) in [6, 6.07) is 0. The van der Waals surface area contributed by atoms with E-state index in [1.807, 2.05) is 13.8 Å². The minimum atomic E-state index is -0.477. The quantitative estimate of drug-likeness (QED) is 0.498. The third kappa shape index (κ3) is 2.52. The second-order valence-corrected chi connectivity index (χ2v) is 4.88. The fraction of sp³-hybridized carbons (Fsp3) is 0.667. The van der Waals surface area contributed by atoms with E-state index in [0.29, 0.717) is 0 Å². The predicted octanol–water partition coefficient (Wildman–Crippen LogP) is 3.67. The molecule has 0 aromatic carbocycles. The lowest BCUT2D eigenvalue weighted by atomic mass is 9.77. The summed E-state index contributed by atoms with van der Waals surface area (Å²) in [6.07, 6.45) is 9.54. The summed E-state index contributed by atoms with van der Waals surface area (Å²) in [7, 11) is 1.70. The SMILES string of the molecule is CCCCCC(C=O)C1(OC)C(C)=CC=C1C. The van der Waals surface area contributed by atoms with Crippen LogP contribution in [0.3, 0.4) is 0 Å². The first-order chi connectivity index (χ1) is 8.13. The Morgan fingerprint density at radius 3 is 2.29 bits per heavy atom. The number of ether oxygens (including phenoxy) is 1. The minimum absolute atomic E-state index is 0.0611. The van der Waals surface area contributed by atoms with E-state index < -0.39 is 5.60 Å². The van der Waals surface area contributed by atoms with E-state index >= 15 is 0 Å². The van der Waals surface area contributed by atoms with Crippen molar-refractivity contribution in [2.45, 2.75) is 52.1 Å². The van der Waals surface area contributed by atoms with Crippen molar-refractivity contribution < 1.29 is 9.53 Å². The van der Waals surface area contributed by atoms with E-state index in [1.54, 1.807) is 7.11 Å². The number of rotatable bonds is 7. The van der Waals surface area contributed by atoms with Crippen LogP contribution in [0, 0.1) is 5.92 Å². The number of methoxy groups -OCH3 is 1. The second-order valence-electron chi connectivity index (χ2n) is 4.88. The Bertz CT molecular complexity index is 308. The molecule has 0 aliphatic heterocycles. The van der Waals surface area contributed by atoms with E-state index in [0.717, 1.165) is 30.3 Å². The Balaban J connectivity index is 2.87. The van der Waals surface area contributed by atoms with Crippen molar-refractivity contribution in [3.63, 3.8) is 0 Å². The molecule has 1 unspecified atom stereocenters. The maximum absolute atomic E-state index is 11.4. The van der Waals surface area contributed by atoms with Crippen molar-refractivity contribution >= 4 is 6.29 Å². The summed E-state index contributed by atoms with van der Waals surface area (Å²) >= 11 is 0. The molecule has 0 saturated heterocycles. The molecule has 0 aromatic rings. The van der Waals surface area contributed by atoms with Crippen molar-refractivity contribution in [3.05, 3.63) is 23.3 Å². The molecule has 2 heteroatoms. The molecule has 2 nitrogen and oxygen atoms in total. The molecule has 96 valence electrons. The highest BCUT2D eigenvalue weighted by Gasteiger charge is 2.43. The number of allylic oxidation sites excluding steroid dienone is 2. The number of carbonyl (C=O) groups excluding carboxylic acids is 1. The average Bonchev–Trinajstić information content (AvgIpc) is 2.62. The molecule has 1 atom stereocenters. The normalized spacial score (nSPS) is 19.8. The Kier molecular flexibility index (Phi) is 5.13. The summed E-state index contributed by atoms with van der Waals surface area (Å²) in [4.78, 5) is 11.4. The van der Waals surface area contributed by atoms with E-state index in [2.05, 4.69) is 19.1 Å². The van der Waals surface area contributed by atoms with Gasteiger partial charge in [0.05, 0.1) is 5.92 Å². The molecule has 0 saturated carbocycles. The van der Waals surface area contributed by atoms with Crippen LogP contribution in [0.2, 0.25) is 0 Å². The van der Waals surface area contributed by atoms with Crippen molar-refractivity contribution in [3.8, 4) is 0 Å². The van der Waals surface area contributed by atoms with Crippen LogP contribution in [-0.4, -0.2) is 19.0 Å². The number of unbranched alkanes of at least 4 members (excludes halogenated alkanes) is 2. The molecule has 17 heavy (non-hydrogen) atoms. The molecule has 0 amide bonds. The van der Waals surface area contributed by atoms with Crippen molar-refractivity contribution in [2.24, 2.45) is 5.92 Å². The van der Waals surface area contributed by atoms with Gasteiger partial charge in [-0.3, -0.25) is 0 Å². The van der Waals surface area contributed by atoms with Gasteiger partial charge in [0.1, 0.15) is 11.9 Å². The van der Waals surface area contributed by atoms with Gasteiger partial charge in [0.15, 0.2) is 0 Å². The molecule has 1 rings (SSSR count). The smallest absolute Gasteiger partial charge is 0.126 e. The molecule has 0 spiro atoms. The van der Waals surface area contributed by atoms with E-state index in [9.17, 15) is 4.79 Å². The first-order valence-corrected chi connectivity index (χ1v) is 6.50. The van der Waals surface area contributed by atoms with Crippen LogP contribution in [0.4, 0.5) is 0 Å². The lowest BCUT2D eigenvalue weighted by Gasteiger charge is -2.37. The topological polar surface area (TPSA) is 26.3 Å². The zero-order valence-corrected chi connectivity index (χ0v) is 11.5. The molecule has 1 aliphatic rings. The van der Waals surface area contributed by atoms with Gasteiger partial charge >= 0.3 is 0 Å². The third-order valence-corrected chi connectivity index (χ3v) is 3.88. The van der Waals surface area contributed by atoms with Crippen LogP contribution in [-0.2, 0) is 9.53 Å². The minimum Gasteiger partial charge on any atom is -0.369 e. The average molecular weight is 236 g/mol. The van der Waals surface area contributed by atoms with Gasteiger partial charge in [0, 0.05) is 7.11 Å². The second kappa shape index (κ2) is 6.15. The van der Waals surface area contributed by atoms with E-state index in [1.165, 1.54) is 12.8 Å². The van der Waals surface area contributed by atoms with Gasteiger partial charge < -0.3 is 9.53 Å². The summed E-state index contributed by atoms with van der Waals surface area (Å²) < 4.78 is 5.74. The zero-order valence-electron chi connectivity index (χ0n) is 11.5. The van der Waals surface area contributed by atoms with Crippen molar-refractivity contribution in [1.82, 2.24) is 0 Å². The molecule has 0 radical (unpaired) electrons. The number of hydrogen-bond acceptors (Lipinski definition) is 2. The van der Waals surface area contributed by atoms with Crippen LogP contribution >= 0.6 is 0 Å². The maximum Gasteiger partial charge on any atom is 0.126 e. The highest BCUT2D eigenvalue weighted by molar-refractivity contribution is 5.62. The van der Waals surface area contributed by atoms with Crippen LogP contribution in [0.1, 0.15) is 46.5 Å². The molecular weight excluding hydrogens is 212 g/mol. The van der Waals surface area contributed by atoms with Gasteiger partial charge in [-0.2, -0.15) is 0 Å². The summed E-state index contributed by atoms with van der Waals surface area (Å²) in [5, 5.41) is 0. The van der Waals surface area contributed by atoms with Crippen molar-refractivity contribution in [1.29, 1.82) is 0 Å². The molecule has 0 heterocycles. The van der Waals surface area contributed by atoms with E-state index in [4.69, 9.17) is 4.74 Å². The van der Waals surface area contributed by atoms with Crippen LogP contribution in [0.15, 0.2) is 23.3 Å². The fourth-order valence-electron chi connectivity index (χ4n) is 2.85. The van der Waals surface area contributed by atoms with Crippen LogP contribution in [0.5, 0.6) is 0 Å². The Morgan fingerprint density at radius 2 is 1.88 bits per heavy atom. The number of hydrogen-bond donors (Lipinski definition) is 0. The lowest BCUT2D eigenvalue weighted by Crippen LogP contribution is -2.42. The highest BCUT2D eigenvalue weighted by atomic mass is 16.5. The van der Waals surface area contributed by atoms with Gasteiger partial charge in [-0.15, -0.1) is 0 Å². The summed E-state index contributed by atoms with van der Waals surface area (Å²) in [5.41, 5.74) is 1.81. The molecule has 0 fully saturated rings. The summed E-state index contributed by atoms with van der Waals surface area (Å²) in [5.74, 6) is -0.0611. The van der Waals surface area contributed by atoms with Crippen LogP contribution in [0.25, 0.3) is 0 Å². The van der Waals surface area contributed by atoms with E-state index in [-0.39, 0.29) is 5.92 Å². The molecular formula is C15H24O2. The molecule has 0 aromatic heterocycles. The lowest BCUT2D eigenvalue weighted by molar-refractivity contribution is -0.118. The zero-order chi connectivity index (χ0) is 12.9. The van der Waals surface area contributed by atoms with Gasteiger partial charge in [-0.05, 0) is 31.4 Å². The molecule has 0 bridgehead atoms. The first kappa shape index (κ1) is 14.2. The highest BCUT2D eigenvalue weighted by Crippen LogP contribution is 2.41. The Labute approximate surface area is 105 Å². The third-order valence-electron chi connectivity index (χ3n) is 3.88. The largest absolute Gasteiger partial charge is 0.369 e. The maximum atomic E-state index is 11.4. The fourth-order valence-corrected chi connectivity index (χ4v) is 2.85. The van der Waals surface area contributed by atoms with Gasteiger partial charge in [-0.1, -0.05) is 38.3 Å². The number of aldehydes is 1. The molecule has 0 N–H and O–H groups in total. The van der Waals surface area contributed by atoms with Crippen LogP contribution < -0.4 is 0 Å².